The molecule has 1 aliphatic heterocycles. The third-order valence-electron chi connectivity index (χ3n) is 5.81. The van der Waals surface area contributed by atoms with Gasteiger partial charge in [-0.05, 0) is 32.9 Å². The summed E-state index contributed by atoms with van der Waals surface area (Å²) in [5.74, 6) is 3.34. The standard InChI is InChI=1S/C25H29F2N6O7P/c1-15(2)38-22(35)16(3)32-41(36,40-17-8-5-4-6-9-17)37-13-19-20(34)25(27,10-7-11-26)23(39-19)33-14-30-18-12-29-24(28)31-21(18)33/h4-6,8-9,12,14-16,19-20,23,34H,11,13H2,1-3H3,(H,32,36)(H2,28,29,31)/t16-,19+,20-,23+,25+,41?/m0/s1. The second-order valence-corrected chi connectivity index (χ2v) is 11.0. The van der Waals surface area contributed by atoms with Crippen molar-refractivity contribution in [2.45, 2.75) is 57.0 Å². The number of esters is 1. The van der Waals surface area contributed by atoms with Crippen molar-refractivity contribution in [3.05, 3.63) is 42.9 Å². The van der Waals surface area contributed by atoms with Gasteiger partial charge >= 0.3 is 13.7 Å². The van der Waals surface area contributed by atoms with Crippen LogP contribution in [0.4, 0.5) is 14.7 Å². The predicted octanol–water partition coefficient (Wildman–Crippen LogP) is 2.48. The number of nitrogens with one attached hydrogen (secondary N) is 1. The van der Waals surface area contributed by atoms with E-state index in [0.717, 1.165) is 4.57 Å². The van der Waals surface area contributed by atoms with Crippen molar-refractivity contribution in [2.75, 3.05) is 19.0 Å². The van der Waals surface area contributed by atoms with Crippen molar-refractivity contribution in [2.24, 2.45) is 0 Å². The van der Waals surface area contributed by atoms with Crippen LogP contribution in [0.1, 0.15) is 27.0 Å². The van der Waals surface area contributed by atoms with Crippen molar-refractivity contribution < 1.29 is 41.8 Å². The highest BCUT2D eigenvalue weighted by atomic mass is 31.2. The number of aliphatic hydroxyl groups excluding tert-OH is 1. The minimum Gasteiger partial charge on any atom is -0.462 e. The van der Waals surface area contributed by atoms with Crippen molar-refractivity contribution >= 4 is 30.8 Å². The Morgan fingerprint density at radius 3 is 2.73 bits per heavy atom. The van der Waals surface area contributed by atoms with E-state index in [2.05, 4.69) is 26.0 Å². The maximum absolute atomic E-state index is 16.3. The molecule has 1 aliphatic rings. The number of carbonyl (C=O) groups excluding carboxylic acids is 1. The zero-order chi connectivity index (χ0) is 29.8. The van der Waals surface area contributed by atoms with Crippen molar-refractivity contribution in [1.82, 2.24) is 24.6 Å². The van der Waals surface area contributed by atoms with Crippen LogP contribution in [0.5, 0.6) is 5.75 Å². The van der Waals surface area contributed by atoms with E-state index in [0.29, 0.717) is 0 Å². The van der Waals surface area contributed by atoms with Crippen LogP contribution in [-0.4, -0.2) is 73.9 Å². The van der Waals surface area contributed by atoms with Gasteiger partial charge in [0.15, 0.2) is 11.9 Å². The highest BCUT2D eigenvalue weighted by Gasteiger charge is 2.58. The zero-order valence-electron chi connectivity index (χ0n) is 22.3. The number of hydrogen-bond donors (Lipinski definition) is 3. The molecule has 0 saturated carbocycles. The van der Waals surface area contributed by atoms with Crippen molar-refractivity contribution in [3.63, 3.8) is 0 Å². The highest BCUT2D eigenvalue weighted by Crippen LogP contribution is 2.48. The smallest absolute Gasteiger partial charge is 0.459 e. The van der Waals surface area contributed by atoms with Gasteiger partial charge in [0.2, 0.25) is 11.6 Å². The summed E-state index contributed by atoms with van der Waals surface area (Å²) in [6, 6.07) is 6.81. The van der Waals surface area contributed by atoms with Crippen LogP contribution >= 0.6 is 7.75 Å². The molecule has 13 nitrogen and oxygen atoms in total. The van der Waals surface area contributed by atoms with Gasteiger partial charge in [0.25, 0.3) is 0 Å². The minimum atomic E-state index is -4.38. The van der Waals surface area contributed by atoms with E-state index < -0.39 is 63.2 Å². The summed E-state index contributed by atoms with van der Waals surface area (Å²) in [5.41, 5.74) is 3.10. The fourth-order valence-electron chi connectivity index (χ4n) is 3.98. The van der Waals surface area contributed by atoms with Gasteiger partial charge in [-0.1, -0.05) is 30.0 Å². The topological polar surface area (TPSA) is 173 Å². The van der Waals surface area contributed by atoms with Gasteiger partial charge in [0.05, 0.1) is 25.2 Å². The number of rotatable bonds is 10. The predicted molar refractivity (Wildman–Crippen MR) is 142 cm³/mol. The van der Waals surface area contributed by atoms with Crippen LogP contribution in [0, 0.1) is 11.8 Å². The number of ether oxygens (including phenoxy) is 2. The number of nitrogens with two attached hydrogens (primary N) is 1. The van der Waals surface area contributed by atoms with E-state index in [4.69, 9.17) is 24.3 Å². The Kier molecular flexibility index (Phi) is 9.21. The summed E-state index contributed by atoms with van der Waals surface area (Å²) in [6.45, 7) is 2.79. The van der Waals surface area contributed by atoms with Crippen LogP contribution in [0.25, 0.3) is 11.2 Å². The Labute approximate surface area is 234 Å². The van der Waals surface area contributed by atoms with Crippen LogP contribution in [0.15, 0.2) is 42.9 Å². The van der Waals surface area contributed by atoms with E-state index >= 15 is 4.39 Å². The first-order valence-corrected chi connectivity index (χ1v) is 14.0. The normalized spacial score (nSPS) is 24.4. The zero-order valence-corrected chi connectivity index (χ0v) is 23.2. The summed E-state index contributed by atoms with van der Waals surface area (Å²) >= 11 is 0. The van der Waals surface area contributed by atoms with E-state index in [-0.39, 0.29) is 22.9 Å². The lowest BCUT2D eigenvalue weighted by Gasteiger charge is -2.25. The molecule has 4 rings (SSSR count). The number of halogens is 2. The minimum absolute atomic E-state index is 0.0672. The highest BCUT2D eigenvalue weighted by molar-refractivity contribution is 7.52. The summed E-state index contributed by atoms with van der Waals surface area (Å²) < 4.78 is 66.2. The number of aromatic nitrogens is 4. The molecule has 6 atom stereocenters. The van der Waals surface area contributed by atoms with Gasteiger partial charge in [-0.2, -0.15) is 10.1 Å². The van der Waals surface area contributed by atoms with Crippen molar-refractivity contribution in [3.8, 4) is 17.6 Å². The quantitative estimate of drug-likeness (QED) is 0.178. The molecular formula is C25H29F2N6O7P. The summed E-state index contributed by atoms with van der Waals surface area (Å²) in [7, 11) is -4.38. The van der Waals surface area contributed by atoms with E-state index in [1.54, 1.807) is 32.0 Å². The molecule has 0 bridgehead atoms. The Bertz CT molecular complexity index is 1480. The molecule has 1 unspecified atom stereocenters. The molecule has 220 valence electrons. The number of hydrogen-bond acceptors (Lipinski definition) is 11. The molecule has 4 N–H and O–H groups in total. The molecule has 1 fully saturated rings. The lowest BCUT2D eigenvalue weighted by atomic mass is 9.96. The maximum Gasteiger partial charge on any atom is 0.459 e. The lowest BCUT2D eigenvalue weighted by Crippen LogP contribution is -2.42. The first-order valence-electron chi connectivity index (χ1n) is 12.5. The van der Waals surface area contributed by atoms with Crippen LogP contribution in [-0.2, 0) is 23.4 Å². The fourth-order valence-corrected chi connectivity index (χ4v) is 5.48. The maximum atomic E-state index is 16.3. The Balaban J connectivity index is 1.61. The van der Waals surface area contributed by atoms with Gasteiger partial charge in [0, 0.05) is 0 Å². The summed E-state index contributed by atoms with van der Waals surface area (Å²) in [5, 5.41) is 13.5. The SMILES string of the molecule is CC(C)OC(=O)[C@H](C)NP(=O)(OC[C@H]1O[C@@H](n2cnc3cnc(N)nc32)[C@@](F)(C#CCF)[C@H]1O)Oc1ccccc1. The van der Waals surface area contributed by atoms with Crippen LogP contribution < -0.4 is 15.3 Å². The number of anilines is 1. The largest absolute Gasteiger partial charge is 0.462 e. The van der Waals surface area contributed by atoms with Gasteiger partial charge in [-0.15, -0.1) is 0 Å². The number of para-hydroxylation sites is 1. The number of benzene rings is 1. The molecule has 1 aromatic carbocycles. The molecule has 1 saturated heterocycles. The molecular weight excluding hydrogens is 565 g/mol. The molecule has 0 aliphatic carbocycles. The number of nitrogens with zero attached hydrogens (tertiary/aromatic N) is 4. The molecule has 2 aromatic heterocycles. The van der Waals surface area contributed by atoms with Gasteiger partial charge in [0.1, 0.15) is 36.2 Å². The average Bonchev–Trinajstić information content (AvgIpc) is 3.44. The Hall–Kier alpha value is -3.67. The van der Waals surface area contributed by atoms with E-state index in [1.165, 1.54) is 31.6 Å². The molecule has 16 heteroatoms. The fraction of sp³-hybridized carbons (Fsp3) is 0.440. The van der Waals surface area contributed by atoms with Gasteiger partial charge in [-0.25, -0.2) is 23.3 Å². The molecule has 41 heavy (non-hydrogen) atoms. The molecule has 0 amide bonds. The third-order valence-corrected chi connectivity index (χ3v) is 7.46. The second-order valence-electron chi connectivity index (χ2n) is 9.30. The molecule has 3 heterocycles. The first kappa shape index (κ1) is 30.3. The van der Waals surface area contributed by atoms with Gasteiger partial charge in [-0.3, -0.25) is 13.9 Å². The average molecular weight is 595 g/mol. The second kappa shape index (κ2) is 12.5. The Morgan fingerprint density at radius 1 is 1.32 bits per heavy atom. The number of nitrogen functional groups attached to an aromatic ring is 1. The van der Waals surface area contributed by atoms with Gasteiger partial charge < -0.3 is 24.8 Å². The van der Waals surface area contributed by atoms with E-state index in [1.807, 2.05) is 5.92 Å². The number of aliphatic hydroxyl groups is 1. The van der Waals surface area contributed by atoms with Crippen LogP contribution in [0.3, 0.4) is 0 Å². The number of imidazole rings is 1. The number of alkyl halides is 2. The van der Waals surface area contributed by atoms with Crippen molar-refractivity contribution in [1.29, 1.82) is 0 Å². The number of fused-ring (bicyclic) bond motifs is 1. The first-order chi connectivity index (χ1) is 19.5. The van der Waals surface area contributed by atoms with Crippen LogP contribution in [0.2, 0.25) is 0 Å². The lowest BCUT2D eigenvalue weighted by molar-refractivity contribution is -0.149. The molecule has 0 spiro atoms. The number of carbonyl (C=O) groups is 1. The molecule has 3 aromatic rings. The monoisotopic (exact) mass is 594 g/mol. The molecule has 0 radical (unpaired) electrons. The summed E-state index contributed by atoms with van der Waals surface area (Å²) in [4.78, 5) is 24.3. The Morgan fingerprint density at radius 2 is 2.05 bits per heavy atom. The third kappa shape index (κ3) is 6.80. The van der Waals surface area contributed by atoms with E-state index in [9.17, 15) is 18.9 Å². The summed E-state index contributed by atoms with van der Waals surface area (Å²) in [6.07, 6.45) is -3.16.